The minimum absolute atomic E-state index is 0.0592. The first-order chi connectivity index (χ1) is 18.2. The van der Waals surface area contributed by atoms with Gasteiger partial charge in [0, 0.05) is 27.7 Å². The Morgan fingerprint density at radius 2 is 1.32 bits per heavy atom. The third-order valence-electron chi connectivity index (χ3n) is 7.23. The molecule has 5 heteroatoms. The number of nitrogens with zero attached hydrogens (tertiary/aromatic N) is 5. The Bertz CT molecular complexity index is 2350. The molecule has 37 heavy (non-hydrogen) atoms. The van der Waals surface area contributed by atoms with Crippen molar-refractivity contribution in [3.05, 3.63) is 119 Å². The van der Waals surface area contributed by atoms with E-state index in [1.165, 1.54) is 0 Å². The quantitative estimate of drug-likeness (QED) is 0.124. The van der Waals surface area contributed by atoms with Crippen molar-refractivity contribution in [2.45, 2.75) is 0 Å². The first-order valence-electron chi connectivity index (χ1n) is 11.5. The predicted octanol–water partition coefficient (Wildman–Crippen LogP) is 9.23. The second-order valence-corrected chi connectivity index (χ2v) is 8.93. The molecule has 0 bridgehead atoms. The van der Waals surface area contributed by atoms with Crippen LogP contribution in [0, 0.1) is 31.0 Å². The Morgan fingerprint density at radius 3 is 2.05 bits per heavy atom. The van der Waals surface area contributed by atoms with Gasteiger partial charge in [-0.3, -0.25) is 14.5 Å². The minimum Gasteiger partial charge on any atom is -0.315 e. The number of nitriles is 1. The van der Waals surface area contributed by atoms with E-state index < -0.39 is 0 Å². The maximum Gasteiger partial charge on any atom is 0.202 e. The van der Waals surface area contributed by atoms with Crippen LogP contribution in [0.4, 0.5) is 17.1 Å². The molecule has 166 valence electrons. The molecule has 0 aliphatic carbocycles. The van der Waals surface area contributed by atoms with Gasteiger partial charge in [-0.2, -0.15) is 5.26 Å². The van der Waals surface area contributed by atoms with Gasteiger partial charge < -0.3 is 4.40 Å². The number of fused-ring (bicyclic) bond motifs is 11. The number of benzene rings is 5. The summed E-state index contributed by atoms with van der Waals surface area (Å²) in [5.41, 5.74) is 2.08. The van der Waals surface area contributed by atoms with E-state index in [0.29, 0.717) is 10.8 Å². The highest BCUT2D eigenvalue weighted by atomic mass is 14.9. The van der Waals surface area contributed by atoms with E-state index in [9.17, 15) is 5.26 Å². The van der Waals surface area contributed by atoms with Crippen LogP contribution in [0.1, 0.15) is 5.56 Å². The van der Waals surface area contributed by atoms with Crippen LogP contribution in [0.2, 0.25) is 0 Å². The van der Waals surface area contributed by atoms with Crippen LogP contribution in [0.3, 0.4) is 0 Å². The summed E-state index contributed by atoms with van der Waals surface area (Å²) < 4.78 is 2.16. The lowest BCUT2D eigenvalue weighted by Gasteiger charge is -2.15. The lowest BCUT2D eigenvalue weighted by atomic mass is 9.93. The van der Waals surface area contributed by atoms with Gasteiger partial charge in [-0.05, 0) is 33.0 Å². The highest BCUT2D eigenvalue weighted by Crippen LogP contribution is 2.49. The van der Waals surface area contributed by atoms with Gasteiger partial charge in [0.15, 0.2) is 5.69 Å². The van der Waals surface area contributed by atoms with Crippen LogP contribution in [0.25, 0.3) is 74.0 Å². The smallest absolute Gasteiger partial charge is 0.202 e. The molecule has 7 aromatic rings. The van der Waals surface area contributed by atoms with Gasteiger partial charge >= 0.3 is 0 Å². The first-order valence-corrected chi connectivity index (χ1v) is 11.5. The van der Waals surface area contributed by atoms with E-state index in [4.69, 9.17) is 19.7 Å². The second-order valence-electron chi connectivity index (χ2n) is 8.93. The summed E-state index contributed by atoms with van der Waals surface area (Å²) in [7, 11) is 0. The zero-order valence-corrected chi connectivity index (χ0v) is 19.2. The van der Waals surface area contributed by atoms with Crippen molar-refractivity contribution in [1.29, 1.82) is 5.26 Å². The number of hydrogen-bond donors (Lipinski definition) is 0. The van der Waals surface area contributed by atoms with Crippen LogP contribution in [0.15, 0.2) is 79.0 Å². The Labute approximate surface area is 211 Å². The fourth-order valence-corrected chi connectivity index (χ4v) is 5.69. The number of pyridine rings is 1. The first kappa shape index (κ1) is 20.5. The average Bonchev–Trinajstić information content (AvgIpc) is 3.34. The lowest BCUT2D eigenvalue weighted by Crippen LogP contribution is -1.93. The van der Waals surface area contributed by atoms with E-state index in [-0.39, 0.29) is 22.6 Å². The van der Waals surface area contributed by atoms with Crippen molar-refractivity contribution >= 4 is 76.6 Å². The Hall–Kier alpha value is -5.88. The zero-order chi connectivity index (χ0) is 25.3. The van der Waals surface area contributed by atoms with Gasteiger partial charge in [-0.25, -0.2) is 0 Å². The molecular weight excluding hydrogens is 454 g/mol. The number of rotatable bonds is 0. The van der Waals surface area contributed by atoms with E-state index in [1.54, 1.807) is 0 Å². The molecule has 2 heterocycles. The second kappa shape index (κ2) is 7.31. The molecule has 0 unspecified atom stereocenters. The largest absolute Gasteiger partial charge is 0.315 e. The third-order valence-corrected chi connectivity index (χ3v) is 7.23. The molecule has 5 nitrogen and oxygen atoms in total. The molecule has 0 fully saturated rings. The number of aromatic nitrogens is 1. The van der Waals surface area contributed by atoms with Crippen molar-refractivity contribution in [2.24, 2.45) is 0 Å². The molecule has 0 aliphatic heterocycles. The standard InChI is InChI=1S/C32H13N5/c1-34-29-25-14-24-22-13-12-18-8-4-6-10-20(18)28(22)32-21-11-7-5-9-19(21)17-37(32)27(24)15-23(25)26(16-33)30(35-2)31(29)36-3/h4-15,17H. The molecule has 0 aliphatic rings. The third kappa shape index (κ3) is 2.53. The SMILES string of the molecule is [C-]#[N+]c1c([N+]#[C-])c([N+]#[C-])c2cc3c4ccc5ccccc5c4c4c5ccccc5cn4c3cc2c1C#N. The Kier molecular flexibility index (Phi) is 4.05. The summed E-state index contributed by atoms with van der Waals surface area (Å²) in [4.78, 5) is 10.7. The molecule has 0 N–H and O–H groups in total. The van der Waals surface area contributed by atoms with Crippen LogP contribution >= 0.6 is 0 Å². The minimum atomic E-state index is -0.0593. The van der Waals surface area contributed by atoms with Crippen molar-refractivity contribution in [2.75, 3.05) is 0 Å². The molecule has 0 saturated heterocycles. The van der Waals surface area contributed by atoms with Gasteiger partial charge in [0.05, 0.1) is 42.4 Å². The van der Waals surface area contributed by atoms with Gasteiger partial charge in [0.25, 0.3) is 0 Å². The van der Waals surface area contributed by atoms with Gasteiger partial charge in [-0.15, -0.1) is 0 Å². The Morgan fingerprint density at radius 1 is 0.622 bits per heavy atom. The summed E-state index contributed by atoms with van der Waals surface area (Å²) in [5, 5.41) is 18.6. The fraction of sp³-hybridized carbons (Fsp3) is 0. The summed E-state index contributed by atoms with van der Waals surface area (Å²) in [6, 6.07) is 26.7. The highest BCUT2D eigenvalue weighted by Gasteiger charge is 2.22. The van der Waals surface area contributed by atoms with Gasteiger partial charge in [0.2, 0.25) is 11.4 Å². The van der Waals surface area contributed by atoms with E-state index in [1.807, 2.05) is 36.4 Å². The molecule has 0 amide bonds. The summed E-state index contributed by atoms with van der Waals surface area (Å²) >= 11 is 0. The van der Waals surface area contributed by atoms with Crippen molar-refractivity contribution < 1.29 is 0 Å². The van der Waals surface area contributed by atoms with Crippen LogP contribution in [0.5, 0.6) is 0 Å². The molecule has 7 rings (SSSR count). The number of hydrogen-bond acceptors (Lipinski definition) is 1. The molecule has 0 spiro atoms. The maximum absolute atomic E-state index is 10.0. The summed E-state index contributed by atoms with van der Waals surface area (Å²) in [6.45, 7) is 23.2. The van der Waals surface area contributed by atoms with Crippen molar-refractivity contribution in [3.8, 4) is 6.07 Å². The molecule has 0 atom stereocenters. The average molecular weight is 467 g/mol. The molecule has 2 aromatic heterocycles. The van der Waals surface area contributed by atoms with Crippen LogP contribution < -0.4 is 0 Å². The maximum atomic E-state index is 10.0. The van der Waals surface area contributed by atoms with Crippen LogP contribution in [-0.4, -0.2) is 4.40 Å². The molecule has 0 saturated carbocycles. The van der Waals surface area contributed by atoms with E-state index in [0.717, 1.165) is 48.7 Å². The van der Waals surface area contributed by atoms with E-state index in [2.05, 4.69) is 67.6 Å². The van der Waals surface area contributed by atoms with Crippen molar-refractivity contribution in [3.63, 3.8) is 0 Å². The zero-order valence-electron chi connectivity index (χ0n) is 19.2. The molecular formula is C32H13N5. The van der Waals surface area contributed by atoms with Crippen molar-refractivity contribution in [1.82, 2.24) is 4.40 Å². The van der Waals surface area contributed by atoms with Crippen LogP contribution in [-0.2, 0) is 0 Å². The van der Waals surface area contributed by atoms with Gasteiger partial charge in [0.1, 0.15) is 0 Å². The summed E-state index contributed by atoms with van der Waals surface area (Å²) in [5.74, 6) is 0. The lowest BCUT2D eigenvalue weighted by molar-refractivity contribution is 1.30. The topological polar surface area (TPSA) is 41.3 Å². The van der Waals surface area contributed by atoms with Gasteiger partial charge in [-0.1, -0.05) is 66.7 Å². The molecule has 5 aromatic carbocycles. The van der Waals surface area contributed by atoms with E-state index >= 15 is 0 Å². The predicted molar refractivity (Wildman–Crippen MR) is 148 cm³/mol. The summed E-state index contributed by atoms with van der Waals surface area (Å²) in [6.07, 6.45) is 2.10. The Balaban J connectivity index is 1.87. The highest BCUT2D eigenvalue weighted by molar-refractivity contribution is 6.29. The monoisotopic (exact) mass is 467 g/mol. The normalized spacial score (nSPS) is 11.1. The molecule has 0 radical (unpaired) electrons. The fourth-order valence-electron chi connectivity index (χ4n) is 5.69.